The average Bonchev–Trinajstić information content (AvgIpc) is 3.16. The third kappa shape index (κ3) is 4.70. The number of thiophene rings is 1. The van der Waals surface area contributed by atoms with Crippen LogP contribution < -0.4 is 16.0 Å². The number of hydrogen-bond acceptors (Lipinski definition) is 3. The first-order chi connectivity index (χ1) is 12.6. The van der Waals surface area contributed by atoms with Crippen molar-refractivity contribution in [2.24, 2.45) is 0 Å². The zero-order chi connectivity index (χ0) is 18.4. The Labute approximate surface area is 156 Å². The van der Waals surface area contributed by atoms with Gasteiger partial charge in [-0.1, -0.05) is 36.4 Å². The van der Waals surface area contributed by atoms with Crippen LogP contribution in [0.1, 0.15) is 20.8 Å². The van der Waals surface area contributed by atoms with Gasteiger partial charge in [-0.3, -0.25) is 4.79 Å². The van der Waals surface area contributed by atoms with Crippen LogP contribution in [0.25, 0.3) is 0 Å². The molecule has 26 heavy (non-hydrogen) atoms. The van der Waals surface area contributed by atoms with Crippen molar-refractivity contribution in [3.8, 4) is 0 Å². The summed E-state index contributed by atoms with van der Waals surface area (Å²) in [6.07, 6.45) is 0. The lowest BCUT2D eigenvalue weighted by molar-refractivity contribution is 0.103. The van der Waals surface area contributed by atoms with Crippen molar-refractivity contribution < 1.29 is 9.59 Å². The van der Waals surface area contributed by atoms with Gasteiger partial charge < -0.3 is 16.0 Å². The van der Waals surface area contributed by atoms with Crippen LogP contribution in [0.5, 0.6) is 0 Å². The fourth-order valence-corrected chi connectivity index (χ4v) is 3.05. The molecule has 0 aliphatic heterocycles. The molecule has 1 aromatic heterocycles. The van der Waals surface area contributed by atoms with Gasteiger partial charge in [-0.25, -0.2) is 4.79 Å². The summed E-state index contributed by atoms with van der Waals surface area (Å²) in [7, 11) is 0. The monoisotopic (exact) mass is 365 g/mol. The first-order valence-electron chi connectivity index (χ1n) is 8.16. The molecule has 0 aliphatic rings. The second-order valence-electron chi connectivity index (χ2n) is 5.75. The number of aryl methyl sites for hydroxylation is 1. The van der Waals surface area contributed by atoms with Gasteiger partial charge in [0.15, 0.2) is 0 Å². The number of rotatable bonds is 5. The maximum absolute atomic E-state index is 12.1. The Balaban J connectivity index is 1.57. The molecule has 2 aromatic carbocycles. The lowest BCUT2D eigenvalue weighted by Gasteiger charge is -2.11. The van der Waals surface area contributed by atoms with E-state index in [4.69, 9.17) is 0 Å². The Hall–Kier alpha value is -3.12. The zero-order valence-corrected chi connectivity index (χ0v) is 15.1. The summed E-state index contributed by atoms with van der Waals surface area (Å²) >= 11 is 1.38. The summed E-state index contributed by atoms with van der Waals surface area (Å²) in [4.78, 5) is 24.8. The second-order valence-corrected chi connectivity index (χ2v) is 6.69. The Morgan fingerprint density at radius 2 is 1.69 bits per heavy atom. The van der Waals surface area contributed by atoms with Crippen LogP contribution in [-0.2, 0) is 6.54 Å². The minimum atomic E-state index is -0.296. The van der Waals surface area contributed by atoms with Crippen LogP contribution in [0.2, 0.25) is 0 Å². The standard InChI is InChI=1S/C20H19N3O2S/c1-14-6-2-3-7-15(14)13-21-20(25)23-17-9-4-8-16(12-17)22-19(24)18-10-5-11-26-18/h2-12H,13H2,1H3,(H,22,24)(H2,21,23,25). The van der Waals surface area contributed by atoms with Gasteiger partial charge in [0.1, 0.15) is 0 Å². The van der Waals surface area contributed by atoms with E-state index in [0.717, 1.165) is 11.1 Å². The third-order valence-electron chi connectivity index (χ3n) is 3.82. The van der Waals surface area contributed by atoms with Gasteiger partial charge in [-0.05, 0) is 47.7 Å². The van der Waals surface area contributed by atoms with Crippen molar-refractivity contribution >= 4 is 34.6 Å². The van der Waals surface area contributed by atoms with E-state index >= 15 is 0 Å². The van der Waals surface area contributed by atoms with Crippen LogP contribution in [0, 0.1) is 6.92 Å². The van der Waals surface area contributed by atoms with Crippen molar-refractivity contribution in [3.63, 3.8) is 0 Å². The van der Waals surface area contributed by atoms with Crippen molar-refractivity contribution in [2.45, 2.75) is 13.5 Å². The van der Waals surface area contributed by atoms with Crippen LogP contribution >= 0.6 is 11.3 Å². The number of anilines is 2. The maximum atomic E-state index is 12.1. The number of benzene rings is 2. The maximum Gasteiger partial charge on any atom is 0.319 e. The van der Waals surface area contributed by atoms with Crippen molar-refractivity contribution in [2.75, 3.05) is 10.6 Å². The van der Waals surface area contributed by atoms with Crippen LogP contribution in [-0.4, -0.2) is 11.9 Å². The highest BCUT2D eigenvalue weighted by molar-refractivity contribution is 7.12. The number of carbonyl (C=O) groups is 2. The van der Waals surface area contributed by atoms with Gasteiger partial charge in [0.05, 0.1) is 4.88 Å². The second kappa shape index (κ2) is 8.31. The van der Waals surface area contributed by atoms with E-state index < -0.39 is 0 Å². The van der Waals surface area contributed by atoms with E-state index in [1.54, 1.807) is 30.3 Å². The predicted molar refractivity (Wildman–Crippen MR) is 106 cm³/mol. The summed E-state index contributed by atoms with van der Waals surface area (Å²) in [6.45, 7) is 2.46. The van der Waals surface area contributed by atoms with Gasteiger partial charge in [0.2, 0.25) is 0 Å². The summed E-state index contributed by atoms with van der Waals surface area (Å²) in [5.74, 6) is -0.166. The SMILES string of the molecule is Cc1ccccc1CNC(=O)Nc1cccc(NC(=O)c2cccs2)c1. The highest BCUT2D eigenvalue weighted by Gasteiger charge is 2.08. The van der Waals surface area contributed by atoms with E-state index in [1.165, 1.54) is 11.3 Å². The van der Waals surface area contributed by atoms with Crippen LogP contribution in [0.4, 0.5) is 16.2 Å². The molecule has 0 aliphatic carbocycles. The van der Waals surface area contributed by atoms with Gasteiger partial charge in [-0.15, -0.1) is 11.3 Å². The van der Waals surface area contributed by atoms with Gasteiger partial charge in [-0.2, -0.15) is 0 Å². The lowest BCUT2D eigenvalue weighted by atomic mass is 10.1. The first-order valence-corrected chi connectivity index (χ1v) is 9.04. The van der Waals surface area contributed by atoms with Gasteiger partial charge >= 0.3 is 6.03 Å². The van der Waals surface area contributed by atoms with Gasteiger partial charge in [0.25, 0.3) is 5.91 Å². The molecule has 0 saturated carbocycles. The molecule has 0 atom stereocenters. The number of nitrogens with one attached hydrogen (secondary N) is 3. The molecule has 0 radical (unpaired) electrons. The molecule has 6 heteroatoms. The fourth-order valence-electron chi connectivity index (χ4n) is 2.43. The summed E-state index contributed by atoms with van der Waals surface area (Å²) in [5, 5.41) is 10.3. The molecular weight excluding hydrogens is 346 g/mol. The Kier molecular flexibility index (Phi) is 5.66. The van der Waals surface area contributed by atoms with E-state index in [2.05, 4.69) is 16.0 Å². The zero-order valence-electron chi connectivity index (χ0n) is 14.3. The molecule has 0 fully saturated rings. The van der Waals surface area contributed by atoms with Gasteiger partial charge in [0, 0.05) is 17.9 Å². The molecular formula is C20H19N3O2S. The number of amides is 3. The topological polar surface area (TPSA) is 70.2 Å². The van der Waals surface area contributed by atoms with Crippen molar-refractivity contribution in [1.82, 2.24) is 5.32 Å². The molecule has 5 nitrogen and oxygen atoms in total. The average molecular weight is 365 g/mol. The summed E-state index contributed by atoms with van der Waals surface area (Å²) in [6, 6.07) is 18.3. The molecule has 0 saturated heterocycles. The number of carbonyl (C=O) groups excluding carboxylic acids is 2. The molecule has 1 heterocycles. The van der Waals surface area contributed by atoms with E-state index in [0.29, 0.717) is 22.8 Å². The highest BCUT2D eigenvalue weighted by atomic mass is 32.1. The third-order valence-corrected chi connectivity index (χ3v) is 4.69. The molecule has 0 spiro atoms. The van der Waals surface area contributed by atoms with Crippen LogP contribution in [0.15, 0.2) is 66.0 Å². The quantitative estimate of drug-likeness (QED) is 0.617. The van der Waals surface area contributed by atoms with Crippen LogP contribution in [0.3, 0.4) is 0 Å². The van der Waals surface area contributed by atoms with E-state index in [1.807, 2.05) is 42.6 Å². The van der Waals surface area contributed by atoms with E-state index in [-0.39, 0.29) is 11.9 Å². The smallest absolute Gasteiger partial charge is 0.319 e. The highest BCUT2D eigenvalue weighted by Crippen LogP contribution is 2.17. The minimum Gasteiger partial charge on any atom is -0.334 e. The van der Waals surface area contributed by atoms with E-state index in [9.17, 15) is 9.59 Å². The van der Waals surface area contributed by atoms with Crippen molar-refractivity contribution in [3.05, 3.63) is 82.0 Å². The predicted octanol–water partition coefficient (Wildman–Crippen LogP) is 4.63. The fraction of sp³-hybridized carbons (Fsp3) is 0.100. The lowest BCUT2D eigenvalue weighted by Crippen LogP contribution is -2.28. The number of urea groups is 1. The molecule has 132 valence electrons. The number of hydrogen-bond donors (Lipinski definition) is 3. The Morgan fingerprint density at radius 1 is 0.923 bits per heavy atom. The normalized spacial score (nSPS) is 10.2. The molecule has 3 aromatic rings. The van der Waals surface area contributed by atoms with Crippen molar-refractivity contribution in [1.29, 1.82) is 0 Å². The minimum absolute atomic E-state index is 0.166. The largest absolute Gasteiger partial charge is 0.334 e. The Morgan fingerprint density at radius 3 is 2.42 bits per heavy atom. The molecule has 3 rings (SSSR count). The molecule has 3 N–H and O–H groups in total. The molecule has 0 unspecified atom stereocenters. The Bertz CT molecular complexity index is 907. The molecule has 3 amide bonds. The summed E-state index contributed by atoms with van der Waals surface area (Å²) < 4.78 is 0. The molecule has 0 bridgehead atoms. The summed E-state index contributed by atoms with van der Waals surface area (Å²) in [5.41, 5.74) is 3.43. The first kappa shape index (κ1) is 17.7.